The number of ether oxygens (including phenoxy) is 2. The molecule has 4 heteroatoms. The zero-order valence-electron chi connectivity index (χ0n) is 12.3. The fourth-order valence-electron chi connectivity index (χ4n) is 3.64. The van der Waals surface area contributed by atoms with Crippen molar-refractivity contribution in [2.75, 3.05) is 6.61 Å². The molecule has 1 saturated carbocycles. The summed E-state index contributed by atoms with van der Waals surface area (Å²) < 4.78 is 11.2. The van der Waals surface area contributed by atoms with Gasteiger partial charge in [0.05, 0.1) is 19.3 Å². The molecule has 0 aromatic heterocycles. The third kappa shape index (κ3) is 2.99. The minimum absolute atomic E-state index is 0.314. The molecule has 1 aliphatic carbocycles. The lowest BCUT2D eigenvalue weighted by Crippen LogP contribution is -2.43. The summed E-state index contributed by atoms with van der Waals surface area (Å²) in [5, 5.41) is 20.8. The Hall–Kier alpha value is -0.940. The van der Waals surface area contributed by atoms with Gasteiger partial charge in [-0.25, -0.2) is 0 Å². The second kappa shape index (κ2) is 6.44. The highest BCUT2D eigenvalue weighted by atomic mass is 16.6. The maximum Gasteiger partial charge on any atom is 0.163 e. The van der Waals surface area contributed by atoms with Gasteiger partial charge in [0.1, 0.15) is 6.10 Å². The van der Waals surface area contributed by atoms with Crippen molar-refractivity contribution in [3.05, 3.63) is 35.9 Å². The van der Waals surface area contributed by atoms with Crippen LogP contribution in [0.3, 0.4) is 0 Å². The normalized spacial score (nSPS) is 31.6. The van der Waals surface area contributed by atoms with Gasteiger partial charge in [-0.15, -0.1) is 0 Å². The first-order chi connectivity index (χ1) is 10.2. The number of hydrogen-bond donors (Lipinski definition) is 2. The van der Waals surface area contributed by atoms with Crippen LogP contribution in [0.25, 0.3) is 0 Å². The maximum absolute atomic E-state index is 10.6. The minimum atomic E-state index is -0.863. The largest absolute Gasteiger partial charge is 0.390 e. The van der Waals surface area contributed by atoms with Gasteiger partial charge in [0, 0.05) is 5.41 Å². The van der Waals surface area contributed by atoms with E-state index in [4.69, 9.17) is 9.47 Å². The van der Waals surface area contributed by atoms with Crippen LogP contribution in [0.5, 0.6) is 0 Å². The Morgan fingerprint density at radius 3 is 2.52 bits per heavy atom. The van der Waals surface area contributed by atoms with Crippen molar-refractivity contribution in [3.63, 3.8) is 0 Å². The Morgan fingerprint density at radius 2 is 1.81 bits per heavy atom. The molecule has 0 bridgehead atoms. The van der Waals surface area contributed by atoms with Crippen molar-refractivity contribution in [2.45, 2.75) is 57.2 Å². The number of aliphatic hydroxyl groups excluding tert-OH is 2. The zero-order valence-corrected chi connectivity index (χ0v) is 12.3. The third-order valence-electron chi connectivity index (χ3n) is 4.91. The molecule has 1 aromatic rings. The van der Waals surface area contributed by atoms with E-state index >= 15 is 0 Å². The molecule has 21 heavy (non-hydrogen) atoms. The molecule has 4 nitrogen and oxygen atoms in total. The zero-order chi connectivity index (χ0) is 14.7. The SMILES string of the molecule is O[C@@H]1O[C@H](COCc2ccccc2)[C@@H](O)C12CCCCC2. The van der Waals surface area contributed by atoms with Crippen LogP contribution in [0.15, 0.2) is 30.3 Å². The topological polar surface area (TPSA) is 58.9 Å². The van der Waals surface area contributed by atoms with Crippen LogP contribution < -0.4 is 0 Å². The van der Waals surface area contributed by atoms with Gasteiger partial charge >= 0.3 is 0 Å². The molecule has 0 amide bonds. The van der Waals surface area contributed by atoms with Gasteiger partial charge in [-0.2, -0.15) is 0 Å². The van der Waals surface area contributed by atoms with Crippen molar-refractivity contribution >= 4 is 0 Å². The first-order valence-electron chi connectivity index (χ1n) is 7.86. The first kappa shape index (κ1) is 15.0. The van der Waals surface area contributed by atoms with Gasteiger partial charge in [-0.3, -0.25) is 0 Å². The van der Waals surface area contributed by atoms with Crippen molar-refractivity contribution in [3.8, 4) is 0 Å². The summed E-state index contributed by atoms with van der Waals surface area (Å²) in [6, 6.07) is 9.92. The fraction of sp³-hybridized carbons (Fsp3) is 0.647. The van der Waals surface area contributed by atoms with E-state index in [1.54, 1.807) is 0 Å². The Morgan fingerprint density at radius 1 is 1.10 bits per heavy atom. The molecule has 0 unspecified atom stereocenters. The van der Waals surface area contributed by atoms with Crippen LogP contribution in [0.2, 0.25) is 0 Å². The second-order valence-electron chi connectivity index (χ2n) is 6.27. The third-order valence-corrected chi connectivity index (χ3v) is 4.91. The van der Waals surface area contributed by atoms with E-state index in [9.17, 15) is 10.2 Å². The van der Waals surface area contributed by atoms with Gasteiger partial charge in [-0.1, -0.05) is 49.6 Å². The van der Waals surface area contributed by atoms with E-state index in [1.165, 1.54) is 6.42 Å². The summed E-state index contributed by atoms with van der Waals surface area (Å²) in [6.07, 6.45) is 3.03. The van der Waals surface area contributed by atoms with Crippen LogP contribution in [-0.2, 0) is 16.1 Å². The molecular weight excluding hydrogens is 268 g/mol. The summed E-state index contributed by atoms with van der Waals surface area (Å²) in [7, 11) is 0. The van der Waals surface area contributed by atoms with Crippen LogP contribution in [0.1, 0.15) is 37.7 Å². The molecule has 2 N–H and O–H groups in total. The van der Waals surface area contributed by atoms with Crippen molar-refractivity contribution in [2.24, 2.45) is 5.41 Å². The Balaban J connectivity index is 1.55. The smallest absolute Gasteiger partial charge is 0.163 e. The summed E-state index contributed by atoms with van der Waals surface area (Å²) in [5.41, 5.74) is 0.622. The van der Waals surface area contributed by atoms with Gasteiger partial charge < -0.3 is 19.7 Å². The molecule has 2 fully saturated rings. The number of hydrogen-bond acceptors (Lipinski definition) is 4. The maximum atomic E-state index is 10.6. The average Bonchev–Trinajstić information content (AvgIpc) is 2.74. The molecule has 1 spiro atoms. The summed E-state index contributed by atoms with van der Waals surface area (Å²) in [5.74, 6) is 0. The van der Waals surface area contributed by atoms with Gasteiger partial charge in [0.2, 0.25) is 0 Å². The van der Waals surface area contributed by atoms with E-state index in [-0.39, 0.29) is 0 Å². The van der Waals surface area contributed by atoms with Crippen LogP contribution in [0.4, 0.5) is 0 Å². The quantitative estimate of drug-likeness (QED) is 0.893. The fourth-order valence-corrected chi connectivity index (χ4v) is 3.64. The molecular formula is C17H24O4. The standard InChI is InChI=1S/C17H24O4/c18-15-14(12-20-11-13-7-3-1-4-8-13)21-16(19)17(15)9-5-2-6-10-17/h1,3-4,7-8,14-16,18-19H,2,5-6,9-12H2/t14-,15-,16-/m1/s1. The molecule has 3 atom stereocenters. The Labute approximate surface area is 125 Å². The van der Waals surface area contributed by atoms with E-state index in [0.29, 0.717) is 13.2 Å². The second-order valence-corrected chi connectivity index (χ2v) is 6.27. The monoisotopic (exact) mass is 292 g/mol. The summed E-state index contributed by atoms with van der Waals surface area (Å²) >= 11 is 0. The lowest BCUT2D eigenvalue weighted by molar-refractivity contribution is -0.152. The predicted octanol–water partition coefficient (Wildman–Crippen LogP) is 2.23. The van der Waals surface area contributed by atoms with Crippen molar-refractivity contribution in [1.82, 2.24) is 0 Å². The first-order valence-corrected chi connectivity index (χ1v) is 7.86. The van der Waals surface area contributed by atoms with E-state index in [1.807, 2.05) is 30.3 Å². The Kier molecular flexibility index (Phi) is 4.60. The number of benzene rings is 1. The molecule has 2 aliphatic rings. The van der Waals surface area contributed by atoms with Crippen LogP contribution in [0, 0.1) is 5.41 Å². The number of rotatable bonds is 4. The molecule has 1 saturated heterocycles. The van der Waals surface area contributed by atoms with Crippen LogP contribution in [-0.4, -0.2) is 35.3 Å². The lowest BCUT2D eigenvalue weighted by Gasteiger charge is -2.37. The van der Waals surface area contributed by atoms with Crippen LogP contribution >= 0.6 is 0 Å². The average molecular weight is 292 g/mol. The van der Waals surface area contributed by atoms with Crippen molar-refractivity contribution in [1.29, 1.82) is 0 Å². The highest BCUT2D eigenvalue weighted by molar-refractivity contribution is 5.13. The predicted molar refractivity (Wildman–Crippen MR) is 78.5 cm³/mol. The van der Waals surface area contributed by atoms with E-state index in [0.717, 1.165) is 31.2 Å². The van der Waals surface area contributed by atoms with Gasteiger partial charge in [0.15, 0.2) is 6.29 Å². The highest BCUT2D eigenvalue weighted by Crippen LogP contribution is 2.48. The van der Waals surface area contributed by atoms with Gasteiger partial charge in [-0.05, 0) is 18.4 Å². The van der Waals surface area contributed by atoms with Gasteiger partial charge in [0.25, 0.3) is 0 Å². The highest BCUT2D eigenvalue weighted by Gasteiger charge is 2.55. The molecule has 116 valence electrons. The van der Waals surface area contributed by atoms with E-state index < -0.39 is 23.9 Å². The Bertz CT molecular complexity index is 441. The molecule has 1 heterocycles. The van der Waals surface area contributed by atoms with Crippen molar-refractivity contribution < 1.29 is 19.7 Å². The molecule has 1 aliphatic heterocycles. The molecule has 1 aromatic carbocycles. The lowest BCUT2D eigenvalue weighted by atomic mass is 9.70. The van der Waals surface area contributed by atoms with E-state index in [2.05, 4.69) is 0 Å². The summed E-state index contributed by atoms with van der Waals surface area (Å²) in [6.45, 7) is 0.811. The molecule has 0 radical (unpaired) electrons. The number of aliphatic hydroxyl groups is 2. The molecule has 3 rings (SSSR count). The minimum Gasteiger partial charge on any atom is -0.390 e. The summed E-state index contributed by atoms with van der Waals surface area (Å²) in [4.78, 5) is 0.